The van der Waals surface area contributed by atoms with Gasteiger partial charge in [0.05, 0.1) is 19.1 Å². The smallest absolute Gasteiger partial charge is 0.379 e. The Labute approximate surface area is 74.4 Å². The maximum Gasteiger partial charge on any atom is 0.397 e. The summed E-state index contributed by atoms with van der Waals surface area (Å²) >= 11 is 0. The Morgan fingerprint density at radius 3 is 2.77 bits per heavy atom. The molecule has 4 nitrogen and oxygen atoms in total. The molecule has 1 saturated heterocycles. The Hall–Kier alpha value is -0.0300. The highest BCUT2D eigenvalue weighted by atomic mass is 31.2. The minimum absolute atomic E-state index is 0.0728. The average Bonchev–Trinajstić information content (AvgIpc) is 2.17. The average molecular weight is 216 g/mol. The Bertz CT molecular complexity index is 233. The molecule has 1 aliphatic rings. The van der Waals surface area contributed by atoms with Crippen molar-refractivity contribution in [2.24, 2.45) is 0 Å². The van der Waals surface area contributed by atoms with Crippen LogP contribution in [0, 0.1) is 0 Å². The molecule has 7 heteroatoms. The predicted octanol–water partition coefficient (Wildman–Crippen LogP) is 1.59. The quantitative estimate of drug-likeness (QED) is 0.728. The maximum atomic E-state index is 12.7. The molecular weight excluding hydrogens is 205 g/mol. The molecule has 1 rings (SSSR count). The van der Waals surface area contributed by atoms with Gasteiger partial charge in [0.1, 0.15) is 0 Å². The SMILES string of the molecule is CCOC[C@@H]1CC(F)(F)P(=O)(O)O1. The predicted molar refractivity (Wildman–Crippen MR) is 40.8 cm³/mol. The van der Waals surface area contributed by atoms with Crippen molar-refractivity contribution in [3.63, 3.8) is 0 Å². The highest BCUT2D eigenvalue weighted by Gasteiger charge is 2.59. The summed E-state index contributed by atoms with van der Waals surface area (Å²) in [5.41, 5.74) is -3.63. The van der Waals surface area contributed by atoms with Gasteiger partial charge in [-0.3, -0.25) is 9.09 Å². The van der Waals surface area contributed by atoms with E-state index in [-0.39, 0.29) is 6.61 Å². The minimum atomic E-state index is -4.76. The zero-order valence-electron chi connectivity index (χ0n) is 7.07. The van der Waals surface area contributed by atoms with E-state index in [0.717, 1.165) is 0 Å². The Balaban J connectivity index is 2.55. The zero-order chi connectivity index (χ0) is 10.1. The zero-order valence-corrected chi connectivity index (χ0v) is 7.97. The van der Waals surface area contributed by atoms with Crippen molar-refractivity contribution in [3.05, 3.63) is 0 Å². The van der Waals surface area contributed by atoms with Crippen LogP contribution < -0.4 is 0 Å². The topological polar surface area (TPSA) is 55.8 Å². The van der Waals surface area contributed by atoms with Gasteiger partial charge >= 0.3 is 13.3 Å². The highest BCUT2D eigenvalue weighted by Crippen LogP contribution is 2.65. The van der Waals surface area contributed by atoms with Crippen molar-refractivity contribution in [2.75, 3.05) is 13.2 Å². The van der Waals surface area contributed by atoms with E-state index in [1.807, 2.05) is 0 Å². The fraction of sp³-hybridized carbons (Fsp3) is 1.00. The molecule has 0 aromatic rings. The molecule has 1 fully saturated rings. The summed E-state index contributed by atoms with van der Waals surface area (Å²) in [4.78, 5) is 8.72. The minimum Gasteiger partial charge on any atom is -0.379 e. The van der Waals surface area contributed by atoms with Crippen LogP contribution in [0.5, 0.6) is 0 Å². The second-order valence-corrected chi connectivity index (χ2v) is 4.68. The van der Waals surface area contributed by atoms with Gasteiger partial charge in [-0.1, -0.05) is 0 Å². The van der Waals surface area contributed by atoms with Gasteiger partial charge in [-0.05, 0) is 6.92 Å². The number of hydrogen-bond donors (Lipinski definition) is 1. The first-order valence-corrected chi connectivity index (χ1v) is 5.43. The second-order valence-electron chi connectivity index (χ2n) is 2.78. The molecule has 1 N–H and O–H groups in total. The lowest BCUT2D eigenvalue weighted by atomic mass is 10.3. The number of hydrogen-bond acceptors (Lipinski definition) is 3. The van der Waals surface area contributed by atoms with E-state index < -0.39 is 25.8 Å². The molecule has 0 bridgehead atoms. The normalized spacial score (nSPS) is 38.0. The first-order chi connectivity index (χ1) is 5.89. The van der Waals surface area contributed by atoms with E-state index in [0.29, 0.717) is 6.61 Å². The first-order valence-electron chi connectivity index (χ1n) is 3.86. The molecular formula is C6H11F2O4P. The molecule has 1 unspecified atom stereocenters. The summed E-state index contributed by atoms with van der Waals surface area (Å²) < 4.78 is 45.3. The van der Waals surface area contributed by atoms with Crippen molar-refractivity contribution in [1.82, 2.24) is 0 Å². The molecule has 0 aliphatic carbocycles. The van der Waals surface area contributed by atoms with Gasteiger partial charge in [-0.25, -0.2) is 0 Å². The monoisotopic (exact) mass is 216 g/mol. The largest absolute Gasteiger partial charge is 0.397 e. The summed E-state index contributed by atoms with van der Waals surface area (Å²) in [7, 11) is -4.76. The number of rotatable bonds is 3. The van der Waals surface area contributed by atoms with Crippen molar-refractivity contribution in [3.8, 4) is 0 Å². The molecule has 0 aromatic carbocycles. The molecule has 0 spiro atoms. The Morgan fingerprint density at radius 1 is 1.77 bits per heavy atom. The summed E-state index contributed by atoms with van der Waals surface area (Å²) in [6.07, 6.45) is -1.73. The summed E-state index contributed by atoms with van der Waals surface area (Å²) in [5, 5.41) is 0. The van der Waals surface area contributed by atoms with E-state index in [4.69, 9.17) is 9.63 Å². The van der Waals surface area contributed by atoms with Gasteiger partial charge in [-0.2, -0.15) is 8.78 Å². The van der Waals surface area contributed by atoms with Crippen LogP contribution in [0.25, 0.3) is 0 Å². The summed E-state index contributed by atoms with van der Waals surface area (Å²) in [5.74, 6) is 0. The van der Waals surface area contributed by atoms with Crippen LogP contribution in [0.4, 0.5) is 8.78 Å². The molecule has 1 aliphatic heterocycles. The fourth-order valence-electron chi connectivity index (χ4n) is 1.04. The molecule has 1 heterocycles. The summed E-state index contributed by atoms with van der Waals surface area (Å²) in [6, 6.07) is 0. The van der Waals surface area contributed by atoms with Crippen molar-refractivity contribution >= 4 is 7.60 Å². The van der Waals surface area contributed by atoms with E-state index in [9.17, 15) is 13.3 Å². The van der Waals surface area contributed by atoms with Gasteiger partial charge in [0.2, 0.25) is 0 Å². The molecule has 0 saturated carbocycles. The van der Waals surface area contributed by atoms with Gasteiger partial charge < -0.3 is 9.63 Å². The number of alkyl halides is 2. The molecule has 0 aromatic heterocycles. The molecule has 0 radical (unpaired) electrons. The lowest BCUT2D eigenvalue weighted by molar-refractivity contribution is 0.0410. The van der Waals surface area contributed by atoms with Crippen LogP contribution in [0.15, 0.2) is 0 Å². The Morgan fingerprint density at radius 2 is 2.38 bits per heavy atom. The number of ether oxygens (including phenoxy) is 1. The molecule has 0 amide bonds. The number of halogens is 2. The highest BCUT2D eigenvalue weighted by molar-refractivity contribution is 7.54. The second kappa shape index (κ2) is 3.61. The lowest BCUT2D eigenvalue weighted by Crippen LogP contribution is -2.17. The lowest BCUT2D eigenvalue weighted by Gasteiger charge is -2.09. The van der Waals surface area contributed by atoms with Crippen LogP contribution in [0.2, 0.25) is 0 Å². The Kier molecular flexibility index (Phi) is 3.07. The third-order valence-corrected chi connectivity index (χ3v) is 3.28. The third-order valence-electron chi connectivity index (χ3n) is 1.69. The van der Waals surface area contributed by atoms with Gasteiger partial charge in [0, 0.05) is 6.61 Å². The fourth-order valence-corrected chi connectivity index (χ4v) is 2.17. The van der Waals surface area contributed by atoms with Crippen molar-refractivity contribution in [1.29, 1.82) is 0 Å². The third kappa shape index (κ3) is 2.26. The maximum absolute atomic E-state index is 12.7. The van der Waals surface area contributed by atoms with Gasteiger partial charge in [0.25, 0.3) is 0 Å². The summed E-state index contributed by atoms with van der Waals surface area (Å²) in [6.45, 7) is 1.99. The van der Waals surface area contributed by atoms with Crippen molar-refractivity contribution in [2.45, 2.75) is 25.1 Å². The van der Waals surface area contributed by atoms with Crippen LogP contribution in [-0.2, 0) is 13.8 Å². The van der Waals surface area contributed by atoms with Crippen LogP contribution in [-0.4, -0.2) is 29.9 Å². The van der Waals surface area contributed by atoms with E-state index in [2.05, 4.69) is 4.52 Å². The van der Waals surface area contributed by atoms with E-state index >= 15 is 0 Å². The molecule has 2 atom stereocenters. The first kappa shape index (κ1) is 11.0. The van der Waals surface area contributed by atoms with Gasteiger partial charge in [0.15, 0.2) is 0 Å². The van der Waals surface area contributed by atoms with E-state index in [1.54, 1.807) is 6.92 Å². The van der Waals surface area contributed by atoms with Crippen LogP contribution in [0.1, 0.15) is 13.3 Å². The molecule has 13 heavy (non-hydrogen) atoms. The van der Waals surface area contributed by atoms with Crippen molar-refractivity contribution < 1.29 is 27.5 Å². The molecule has 78 valence electrons. The van der Waals surface area contributed by atoms with E-state index in [1.165, 1.54) is 0 Å². The van der Waals surface area contributed by atoms with Gasteiger partial charge in [-0.15, -0.1) is 0 Å². The standard InChI is InChI=1S/C6H11F2O4P/c1-2-11-4-5-3-6(7,8)13(9,10)12-5/h5H,2-4H2,1H3,(H,9,10)/t5-/m0/s1. The van der Waals surface area contributed by atoms with Crippen LogP contribution in [0.3, 0.4) is 0 Å². The van der Waals surface area contributed by atoms with Crippen LogP contribution >= 0.6 is 7.60 Å².